The first-order valence-electron chi connectivity index (χ1n) is 5.30. The molecule has 1 unspecified atom stereocenters. The lowest BCUT2D eigenvalue weighted by molar-refractivity contribution is -0.203. The van der Waals surface area contributed by atoms with E-state index >= 15 is 0 Å². The molecule has 16 heavy (non-hydrogen) atoms. The summed E-state index contributed by atoms with van der Waals surface area (Å²) in [7, 11) is 0. The van der Waals surface area contributed by atoms with Crippen molar-refractivity contribution in [2.45, 2.75) is 37.5 Å². The van der Waals surface area contributed by atoms with Gasteiger partial charge in [-0.1, -0.05) is 24.3 Å². The summed E-state index contributed by atoms with van der Waals surface area (Å²) in [5.74, 6) is 0.599. The summed E-state index contributed by atoms with van der Waals surface area (Å²) < 4.78 is 36.3. The minimum atomic E-state index is -4.53. The molecule has 88 valence electrons. The predicted molar refractivity (Wildman–Crippen MR) is 54.2 cm³/mol. The molecular weight excluding hydrogens is 217 g/mol. The van der Waals surface area contributed by atoms with Crippen LogP contribution in [0.2, 0.25) is 0 Å². The first kappa shape index (κ1) is 11.5. The van der Waals surface area contributed by atoms with Gasteiger partial charge in [0, 0.05) is 6.42 Å². The number of hydrogen-bond donors (Lipinski definition) is 1. The highest BCUT2D eigenvalue weighted by atomic mass is 19.4. The Labute approximate surface area is 91.9 Å². The zero-order chi connectivity index (χ0) is 11.8. The maximum atomic E-state index is 12.1. The Kier molecular flexibility index (Phi) is 2.93. The van der Waals surface area contributed by atoms with E-state index in [9.17, 15) is 13.2 Å². The van der Waals surface area contributed by atoms with Gasteiger partial charge in [-0.2, -0.15) is 13.2 Å². The fourth-order valence-electron chi connectivity index (χ4n) is 1.68. The summed E-state index contributed by atoms with van der Waals surface area (Å²) in [4.78, 5) is 0. The molecule has 0 spiro atoms. The highest BCUT2D eigenvalue weighted by Gasteiger charge is 2.37. The Morgan fingerprint density at radius 3 is 2.19 bits per heavy atom. The molecule has 1 aromatic rings. The number of halogens is 3. The van der Waals surface area contributed by atoms with Crippen molar-refractivity contribution in [3.8, 4) is 0 Å². The molecule has 1 atom stereocenters. The van der Waals surface area contributed by atoms with Crippen LogP contribution in [0.5, 0.6) is 0 Å². The molecule has 0 heterocycles. The summed E-state index contributed by atoms with van der Waals surface area (Å²) >= 11 is 0. The second kappa shape index (κ2) is 4.09. The van der Waals surface area contributed by atoms with Crippen molar-refractivity contribution < 1.29 is 18.3 Å². The SMILES string of the molecule is OC(Cc1ccc(C2CC2)cc1)C(F)(F)F. The minimum Gasteiger partial charge on any atom is -0.383 e. The molecular formula is C12H13F3O. The average molecular weight is 230 g/mol. The van der Waals surface area contributed by atoms with E-state index in [1.165, 1.54) is 18.4 Å². The van der Waals surface area contributed by atoms with Gasteiger partial charge >= 0.3 is 6.18 Å². The lowest BCUT2D eigenvalue weighted by Gasteiger charge is -2.14. The predicted octanol–water partition coefficient (Wildman–Crippen LogP) is 3.03. The molecule has 0 radical (unpaired) electrons. The molecule has 0 saturated heterocycles. The lowest BCUT2D eigenvalue weighted by atomic mass is 10.0. The maximum Gasteiger partial charge on any atom is 0.414 e. The smallest absolute Gasteiger partial charge is 0.383 e. The van der Waals surface area contributed by atoms with Crippen LogP contribution in [0.15, 0.2) is 24.3 Å². The normalized spacial score (nSPS) is 18.5. The number of aliphatic hydroxyl groups is 1. The van der Waals surface area contributed by atoms with E-state index in [2.05, 4.69) is 0 Å². The van der Waals surface area contributed by atoms with Crippen LogP contribution >= 0.6 is 0 Å². The van der Waals surface area contributed by atoms with Gasteiger partial charge in [-0.15, -0.1) is 0 Å². The van der Waals surface area contributed by atoms with E-state index in [-0.39, 0.29) is 6.42 Å². The van der Waals surface area contributed by atoms with Crippen LogP contribution in [0, 0.1) is 0 Å². The minimum absolute atomic E-state index is 0.367. The third kappa shape index (κ3) is 2.76. The summed E-state index contributed by atoms with van der Waals surface area (Å²) in [6.45, 7) is 0. The molecule has 0 aliphatic heterocycles. The van der Waals surface area contributed by atoms with Crippen LogP contribution in [0.3, 0.4) is 0 Å². The van der Waals surface area contributed by atoms with E-state index in [0.29, 0.717) is 11.5 Å². The van der Waals surface area contributed by atoms with Crippen molar-refractivity contribution in [2.24, 2.45) is 0 Å². The molecule has 0 bridgehead atoms. The Morgan fingerprint density at radius 2 is 1.75 bits per heavy atom. The highest BCUT2D eigenvalue weighted by Crippen LogP contribution is 2.40. The van der Waals surface area contributed by atoms with Gasteiger partial charge in [0.25, 0.3) is 0 Å². The monoisotopic (exact) mass is 230 g/mol. The fraction of sp³-hybridized carbons (Fsp3) is 0.500. The van der Waals surface area contributed by atoms with Crippen LogP contribution in [0.1, 0.15) is 29.9 Å². The average Bonchev–Trinajstić information content (AvgIpc) is 3.01. The van der Waals surface area contributed by atoms with Gasteiger partial charge < -0.3 is 5.11 Å². The molecule has 1 aromatic carbocycles. The second-order valence-corrected chi connectivity index (χ2v) is 4.28. The van der Waals surface area contributed by atoms with Crippen LogP contribution < -0.4 is 0 Å². The molecule has 1 aliphatic carbocycles. The van der Waals surface area contributed by atoms with Crippen molar-refractivity contribution >= 4 is 0 Å². The Hall–Kier alpha value is -1.03. The number of rotatable bonds is 3. The van der Waals surface area contributed by atoms with E-state index in [4.69, 9.17) is 5.11 Å². The zero-order valence-electron chi connectivity index (χ0n) is 8.67. The van der Waals surface area contributed by atoms with Gasteiger partial charge in [0.1, 0.15) is 0 Å². The number of hydrogen-bond acceptors (Lipinski definition) is 1. The standard InChI is InChI=1S/C12H13F3O/c13-12(14,15)11(16)7-8-1-3-9(4-2-8)10-5-6-10/h1-4,10-11,16H,5-7H2. The van der Waals surface area contributed by atoms with Crippen molar-refractivity contribution in [2.75, 3.05) is 0 Å². The third-order valence-electron chi connectivity index (χ3n) is 2.84. The highest BCUT2D eigenvalue weighted by molar-refractivity contribution is 5.28. The van der Waals surface area contributed by atoms with Crippen molar-refractivity contribution in [1.29, 1.82) is 0 Å². The van der Waals surface area contributed by atoms with E-state index < -0.39 is 12.3 Å². The quantitative estimate of drug-likeness (QED) is 0.846. The number of alkyl halides is 3. The largest absolute Gasteiger partial charge is 0.414 e. The van der Waals surface area contributed by atoms with E-state index in [0.717, 1.165) is 0 Å². The Morgan fingerprint density at radius 1 is 1.19 bits per heavy atom. The Balaban J connectivity index is 1.99. The van der Waals surface area contributed by atoms with E-state index in [1.54, 1.807) is 12.1 Å². The van der Waals surface area contributed by atoms with Gasteiger partial charge in [-0.05, 0) is 29.9 Å². The summed E-state index contributed by atoms with van der Waals surface area (Å²) in [5, 5.41) is 8.90. The van der Waals surface area contributed by atoms with Crippen LogP contribution in [-0.2, 0) is 6.42 Å². The van der Waals surface area contributed by atoms with Gasteiger partial charge in [0.05, 0.1) is 0 Å². The van der Waals surface area contributed by atoms with Crippen LogP contribution in [0.25, 0.3) is 0 Å². The second-order valence-electron chi connectivity index (χ2n) is 4.28. The molecule has 1 N–H and O–H groups in total. The summed E-state index contributed by atoms with van der Waals surface area (Å²) in [6, 6.07) is 7.05. The molecule has 4 heteroatoms. The number of benzene rings is 1. The van der Waals surface area contributed by atoms with E-state index in [1.807, 2.05) is 12.1 Å². The van der Waals surface area contributed by atoms with Crippen LogP contribution in [-0.4, -0.2) is 17.4 Å². The first-order valence-corrected chi connectivity index (χ1v) is 5.30. The lowest BCUT2D eigenvalue weighted by Crippen LogP contribution is -2.30. The molecule has 1 aliphatic rings. The first-order chi connectivity index (χ1) is 7.47. The molecule has 1 fully saturated rings. The third-order valence-corrected chi connectivity index (χ3v) is 2.84. The molecule has 1 nitrogen and oxygen atoms in total. The van der Waals surface area contributed by atoms with Gasteiger partial charge in [0.15, 0.2) is 6.10 Å². The van der Waals surface area contributed by atoms with Crippen molar-refractivity contribution in [1.82, 2.24) is 0 Å². The maximum absolute atomic E-state index is 12.1. The Bertz CT molecular complexity index is 352. The summed E-state index contributed by atoms with van der Waals surface area (Å²) in [5.41, 5.74) is 1.71. The fourth-order valence-corrected chi connectivity index (χ4v) is 1.68. The topological polar surface area (TPSA) is 20.2 Å². The number of aliphatic hydroxyl groups excluding tert-OH is 1. The zero-order valence-corrected chi connectivity index (χ0v) is 8.67. The molecule has 1 saturated carbocycles. The van der Waals surface area contributed by atoms with Gasteiger partial charge in [-0.25, -0.2) is 0 Å². The summed E-state index contributed by atoms with van der Waals surface area (Å²) in [6.07, 6.45) is -4.82. The van der Waals surface area contributed by atoms with Crippen molar-refractivity contribution in [3.05, 3.63) is 35.4 Å². The van der Waals surface area contributed by atoms with Crippen LogP contribution in [0.4, 0.5) is 13.2 Å². The van der Waals surface area contributed by atoms with Gasteiger partial charge in [0.2, 0.25) is 0 Å². The molecule has 2 rings (SSSR count). The van der Waals surface area contributed by atoms with Gasteiger partial charge in [-0.3, -0.25) is 0 Å². The van der Waals surface area contributed by atoms with Crippen molar-refractivity contribution in [3.63, 3.8) is 0 Å². The molecule has 0 amide bonds. The molecule has 0 aromatic heterocycles.